The van der Waals surface area contributed by atoms with Crippen LogP contribution >= 0.6 is 0 Å². The second kappa shape index (κ2) is 8.57. The third kappa shape index (κ3) is 4.64. The molecule has 0 spiro atoms. The fourth-order valence-corrected chi connectivity index (χ4v) is 5.10. The summed E-state index contributed by atoms with van der Waals surface area (Å²) in [6.45, 7) is 9.13. The van der Waals surface area contributed by atoms with Crippen LogP contribution in [0.1, 0.15) is 36.5 Å². The Balaban J connectivity index is 1.99. The number of likely N-dealkylation sites (tertiary alicyclic amines) is 1. The molecule has 29 heavy (non-hydrogen) atoms. The molecule has 1 aliphatic heterocycles. The Labute approximate surface area is 174 Å². The first-order chi connectivity index (χ1) is 13.7. The Morgan fingerprint density at radius 3 is 2.28 bits per heavy atom. The van der Waals surface area contributed by atoms with Crippen molar-refractivity contribution < 1.29 is 13.2 Å². The van der Waals surface area contributed by atoms with Gasteiger partial charge >= 0.3 is 0 Å². The number of carbonyl (C=O) groups excluding carboxylic acids is 1. The smallest absolute Gasteiger partial charge is 0.264 e. The molecule has 0 atom stereocenters. The largest absolute Gasteiger partial charge is 0.341 e. The second-order valence-electron chi connectivity index (χ2n) is 8.11. The fourth-order valence-electron chi connectivity index (χ4n) is 3.62. The highest BCUT2D eigenvalue weighted by molar-refractivity contribution is 7.92. The van der Waals surface area contributed by atoms with Crippen LogP contribution in [-0.4, -0.2) is 38.9 Å². The molecule has 1 heterocycles. The predicted octanol–water partition coefficient (Wildman–Crippen LogP) is 4.07. The van der Waals surface area contributed by atoms with E-state index >= 15 is 0 Å². The van der Waals surface area contributed by atoms with Crippen LogP contribution < -0.4 is 4.31 Å². The van der Waals surface area contributed by atoms with Gasteiger partial charge in [-0.15, -0.1) is 0 Å². The summed E-state index contributed by atoms with van der Waals surface area (Å²) in [5.41, 5.74) is 3.40. The van der Waals surface area contributed by atoms with Crippen molar-refractivity contribution in [3.63, 3.8) is 0 Å². The van der Waals surface area contributed by atoms with E-state index < -0.39 is 10.0 Å². The van der Waals surface area contributed by atoms with Gasteiger partial charge in [-0.2, -0.15) is 0 Å². The van der Waals surface area contributed by atoms with Gasteiger partial charge in [0.05, 0.1) is 10.6 Å². The number of hydrogen-bond acceptors (Lipinski definition) is 3. The Kier molecular flexibility index (Phi) is 6.32. The summed E-state index contributed by atoms with van der Waals surface area (Å²) in [5, 5.41) is 0. The van der Waals surface area contributed by atoms with Gasteiger partial charge in [-0.05, 0) is 68.9 Å². The number of piperidine rings is 1. The van der Waals surface area contributed by atoms with Crippen molar-refractivity contribution in [1.82, 2.24) is 4.90 Å². The molecule has 1 amide bonds. The highest BCUT2D eigenvalue weighted by atomic mass is 32.2. The van der Waals surface area contributed by atoms with Crippen molar-refractivity contribution in [3.8, 4) is 0 Å². The molecule has 0 N–H and O–H groups in total. The van der Waals surface area contributed by atoms with Crippen molar-refractivity contribution in [3.05, 3.63) is 59.2 Å². The highest BCUT2D eigenvalue weighted by Gasteiger charge is 2.31. The molecule has 0 aromatic heterocycles. The van der Waals surface area contributed by atoms with E-state index in [-0.39, 0.29) is 17.3 Å². The van der Waals surface area contributed by atoms with Crippen LogP contribution in [-0.2, 0) is 14.8 Å². The Morgan fingerprint density at radius 2 is 1.66 bits per heavy atom. The average Bonchev–Trinajstić information content (AvgIpc) is 2.69. The Morgan fingerprint density at radius 1 is 1.03 bits per heavy atom. The molecular formula is C23H30N2O3S. The van der Waals surface area contributed by atoms with Gasteiger partial charge in [0.1, 0.15) is 6.54 Å². The summed E-state index contributed by atoms with van der Waals surface area (Å²) in [6.07, 6.45) is 1.92. The standard InChI is InChI=1S/C23H30N2O3S/c1-17-8-10-21(11-9-17)29(27,28)25(22-7-5-6-19(3)20(22)4)16-23(26)24-14-12-18(2)13-15-24/h5-11,18H,12-16H2,1-4H3. The van der Waals surface area contributed by atoms with Crippen molar-refractivity contribution in [1.29, 1.82) is 0 Å². The first kappa shape index (κ1) is 21.4. The number of benzene rings is 2. The quantitative estimate of drug-likeness (QED) is 0.741. The lowest BCUT2D eigenvalue weighted by atomic mass is 9.99. The van der Waals surface area contributed by atoms with Crippen LogP contribution in [0.2, 0.25) is 0 Å². The molecule has 1 aliphatic rings. The summed E-state index contributed by atoms with van der Waals surface area (Å²) < 4.78 is 28.3. The first-order valence-electron chi connectivity index (χ1n) is 10.1. The number of amides is 1. The molecule has 0 radical (unpaired) electrons. The van der Waals surface area contributed by atoms with Crippen LogP contribution in [0.15, 0.2) is 47.4 Å². The summed E-state index contributed by atoms with van der Waals surface area (Å²) in [7, 11) is -3.87. The molecule has 0 bridgehead atoms. The zero-order valence-corrected chi connectivity index (χ0v) is 18.5. The molecule has 3 rings (SSSR count). The first-order valence-corrected chi connectivity index (χ1v) is 11.6. The zero-order chi connectivity index (χ0) is 21.2. The molecule has 0 aliphatic carbocycles. The molecule has 1 saturated heterocycles. The van der Waals surface area contributed by atoms with E-state index in [1.165, 1.54) is 4.31 Å². The number of nitrogens with zero attached hydrogens (tertiary/aromatic N) is 2. The third-order valence-corrected chi connectivity index (χ3v) is 7.64. The zero-order valence-electron chi connectivity index (χ0n) is 17.7. The molecule has 6 heteroatoms. The van der Waals surface area contributed by atoms with Gasteiger partial charge in [0, 0.05) is 13.1 Å². The van der Waals surface area contributed by atoms with Crippen molar-refractivity contribution >= 4 is 21.6 Å². The minimum Gasteiger partial charge on any atom is -0.341 e. The summed E-state index contributed by atoms with van der Waals surface area (Å²) in [6, 6.07) is 12.3. The molecule has 156 valence electrons. The van der Waals surface area contributed by atoms with Crippen LogP contribution in [0, 0.1) is 26.7 Å². The fraction of sp³-hybridized carbons (Fsp3) is 0.435. The normalized spacial score (nSPS) is 15.4. The van der Waals surface area contributed by atoms with Crippen LogP contribution in [0.5, 0.6) is 0 Å². The lowest BCUT2D eigenvalue weighted by molar-refractivity contribution is -0.130. The second-order valence-corrected chi connectivity index (χ2v) is 9.97. The lowest BCUT2D eigenvalue weighted by Gasteiger charge is -2.33. The lowest BCUT2D eigenvalue weighted by Crippen LogP contribution is -2.46. The van der Waals surface area contributed by atoms with E-state index in [1.54, 1.807) is 35.2 Å². The Bertz CT molecular complexity index is 976. The van der Waals surface area contributed by atoms with Gasteiger partial charge in [0.2, 0.25) is 5.91 Å². The van der Waals surface area contributed by atoms with Gasteiger partial charge < -0.3 is 4.90 Å². The van der Waals surface area contributed by atoms with E-state index in [4.69, 9.17) is 0 Å². The number of sulfonamides is 1. The maximum absolute atomic E-state index is 13.5. The highest BCUT2D eigenvalue weighted by Crippen LogP contribution is 2.29. The monoisotopic (exact) mass is 414 g/mol. The molecule has 0 saturated carbocycles. The number of anilines is 1. The van der Waals surface area contributed by atoms with Crippen LogP contribution in [0.25, 0.3) is 0 Å². The topological polar surface area (TPSA) is 57.7 Å². The van der Waals surface area contributed by atoms with Gasteiger partial charge in [0.25, 0.3) is 10.0 Å². The average molecular weight is 415 g/mol. The van der Waals surface area contributed by atoms with E-state index in [0.29, 0.717) is 24.7 Å². The minimum atomic E-state index is -3.87. The minimum absolute atomic E-state index is 0.145. The van der Waals surface area contributed by atoms with E-state index in [2.05, 4.69) is 6.92 Å². The molecule has 0 unspecified atom stereocenters. The molecule has 2 aromatic rings. The molecule has 1 fully saturated rings. The van der Waals surface area contributed by atoms with Crippen molar-refractivity contribution in [2.75, 3.05) is 23.9 Å². The third-order valence-electron chi connectivity index (χ3n) is 5.87. The number of hydrogen-bond donors (Lipinski definition) is 0. The summed E-state index contributed by atoms with van der Waals surface area (Å²) in [5.74, 6) is 0.457. The van der Waals surface area contributed by atoms with Crippen LogP contribution in [0.4, 0.5) is 5.69 Å². The maximum Gasteiger partial charge on any atom is 0.264 e. The van der Waals surface area contributed by atoms with Gasteiger partial charge in [0.15, 0.2) is 0 Å². The van der Waals surface area contributed by atoms with Crippen LogP contribution in [0.3, 0.4) is 0 Å². The number of aryl methyl sites for hydroxylation is 2. The van der Waals surface area contributed by atoms with E-state index in [1.807, 2.05) is 32.9 Å². The van der Waals surface area contributed by atoms with Gasteiger partial charge in [-0.25, -0.2) is 8.42 Å². The van der Waals surface area contributed by atoms with Crippen molar-refractivity contribution in [2.24, 2.45) is 5.92 Å². The SMILES string of the molecule is Cc1ccc(S(=O)(=O)N(CC(=O)N2CCC(C)CC2)c2cccc(C)c2C)cc1. The number of carbonyl (C=O) groups is 1. The van der Waals surface area contributed by atoms with Crippen molar-refractivity contribution in [2.45, 2.75) is 45.4 Å². The van der Waals surface area contributed by atoms with E-state index in [0.717, 1.165) is 29.5 Å². The molecule has 5 nitrogen and oxygen atoms in total. The summed E-state index contributed by atoms with van der Waals surface area (Å²) in [4.78, 5) is 15.0. The van der Waals surface area contributed by atoms with Gasteiger partial charge in [-0.1, -0.05) is 36.8 Å². The molecule has 2 aromatic carbocycles. The Hall–Kier alpha value is -2.34. The molecular weight excluding hydrogens is 384 g/mol. The van der Waals surface area contributed by atoms with Gasteiger partial charge in [-0.3, -0.25) is 9.10 Å². The summed E-state index contributed by atoms with van der Waals surface area (Å²) >= 11 is 0. The predicted molar refractivity (Wildman–Crippen MR) is 117 cm³/mol. The number of rotatable bonds is 5. The maximum atomic E-state index is 13.5. The van der Waals surface area contributed by atoms with E-state index in [9.17, 15) is 13.2 Å².